The van der Waals surface area contributed by atoms with E-state index in [-0.39, 0.29) is 5.69 Å². The lowest BCUT2D eigenvalue weighted by Crippen LogP contribution is -2.19. The van der Waals surface area contributed by atoms with Gasteiger partial charge < -0.3 is 5.32 Å². The molecule has 1 aromatic heterocycles. The summed E-state index contributed by atoms with van der Waals surface area (Å²) < 4.78 is 0. The van der Waals surface area contributed by atoms with E-state index in [1.54, 1.807) is 0 Å². The number of nitrogens with zero attached hydrogens (tertiary/aromatic N) is 3. The summed E-state index contributed by atoms with van der Waals surface area (Å²) in [6.07, 6.45) is 0.753. The van der Waals surface area contributed by atoms with Gasteiger partial charge in [-0.25, -0.2) is 4.79 Å². The number of aryl methyl sites for hydroxylation is 1. The van der Waals surface area contributed by atoms with Crippen molar-refractivity contribution in [1.82, 2.24) is 10.2 Å². The van der Waals surface area contributed by atoms with Crippen LogP contribution in [-0.2, 0) is 6.42 Å². The predicted molar refractivity (Wildman–Crippen MR) is 75.0 cm³/mol. The van der Waals surface area contributed by atoms with Crippen molar-refractivity contribution in [3.63, 3.8) is 0 Å². The Balaban J connectivity index is 1.95. The molecule has 0 saturated heterocycles. The largest absolute Gasteiger partial charge is 0.325 e. The van der Waals surface area contributed by atoms with Crippen LogP contribution < -0.4 is 10.6 Å². The minimum absolute atomic E-state index is 0.0346. The number of aromatic nitrogens is 2. The third-order valence-corrected chi connectivity index (χ3v) is 3.31. The highest BCUT2D eigenvalue weighted by Gasteiger charge is 2.09. The highest BCUT2D eigenvalue weighted by molar-refractivity contribution is 7.15. The molecule has 1 heterocycles. The predicted octanol–water partition coefficient (Wildman–Crippen LogP) is 2.65. The molecule has 1 aromatic carbocycles. The Bertz CT molecular complexity index is 625. The fourth-order valence-electron chi connectivity index (χ4n) is 1.37. The third-order valence-electron chi connectivity index (χ3n) is 2.33. The summed E-state index contributed by atoms with van der Waals surface area (Å²) in [4.78, 5) is 21.7. The normalized spacial score (nSPS) is 10.1. The van der Waals surface area contributed by atoms with Crippen molar-refractivity contribution in [3.05, 3.63) is 39.4 Å². The van der Waals surface area contributed by atoms with Gasteiger partial charge in [-0.3, -0.25) is 15.4 Å². The molecule has 9 heteroatoms. The van der Waals surface area contributed by atoms with E-state index in [1.807, 2.05) is 6.92 Å². The van der Waals surface area contributed by atoms with Gasteiger partial charge in [0, 0.05) is 17.8 Å². The minimum atomic E-state index is -0.503. The molecule has 0 aliphatic heterocycles. The molecule has 0 spiro atoms. The van der Waals surface area contributed by atoms with Gasteiger partial charge >= 0.3 is 6.03 Å². The molecule has 8 nitrogen and oxygen atoms in total. The minimum Gasteiger partial charge on any atom is -0.308 e. The van der Waals surface area contributed by atoms with Gasteiger partial charge in [-0.1, -0.05) is 18.3 Å². The average Bonchev–Trinajstić information content (AvgIpc) is 2.86. The van der Waals surface area contributed by atoms with E-state index in [1.165, 1.54) is 35.6 Å². The molecule has 0 radical (unpaired) electrons. The quantitative estimate of drug-likeness (QED) is 0.665. The SMILES string of the molecule is CCc1nnc(NC(=O)Nc2ccc([N+](=O)[O-])cc2)s1. The van der Waals surface area contributed by atoms with Gasteiger partial charge in [0.15, 0.2) is 0 Å². The molecule has 0 atom stereocenters. The van der Waals surface area contributed by atoms with Crippen molar-refractivity contribution < 1.29 is 9.72 Å². The number of nitrogens with one attached hydrogen (secondary N) is 2. The van der Waals surface area contributed by atoms with Crippen LogP contribution in [-0.4, -0.2) is 21.2 Å². The van der Waals surface area contributed by atoms with Gasteiger partial charge in [0.25, 0.3) is 5.69 Å². The number of hydrogen-bond donors (Lipinski definition) is 2. The van der Waals surface area contributed by atoms with Gasteiger partial charge in [0.05, 0.1) is 4.92 Å². The number of amides is 2. The number of urea groups is 1. The van der Waals surface area contributed by atoms with Gasteiger partial charge in [-0.15, -0.1) is 10.2 Å². The topological polar surface area (TPSA) is 110 Å². The highest BCUT2D eigenvalue weighted by Crippen LogP contribution is 2.17. The molecule has 0 unspecified atom stereocenters. The highest BCUT2D eigenvalue weighted by atomic mass is 32.1. The van der Waals surface area contributed by atoms with Gasteiger partial charge in [0.1, 0.15) is 5.01 Å². The summed E-state index contributed by atoms with van der Waals surface area (Å²) in [7, 11) is 0. The fraction of sp³-hybridized carbons (Fsp3) is 0.182. The zero-order valence-corrected chi connectivity index (χ0v) is 11.3. The summed E-state index contributed by atoms with van der Waals surface area (Å²) in [6, 6.07) is 5.06. The summed E-state index contributed by atoms with van der Waals surface area (Å²) in [5.74, 6) is 0. The Labute approximate surface area is 118 Å². The van der Waals surface area contributed by atoms with Crippen molar-refractivity contribution in [1.29, 1.82) is 0 Å². The molecule has 2 aromatic rings. The van der Waals surface area contributed by atoms with Crippen LogP contribution >= 0.6 is 11.3 Å². The van der Waals surface area contributed by atoms with Crippen LogP contribution in [0.15, 0.2) is 24.3 Å². The first-order valence-corrected chi connectivity index (χ1v) is 6.55. The third kappa shape index (κ3) is 3.48. The molecule has 2 rings (SSSR count). The van der Waals surface area contributed by atoms with Crippen molar-refractivity contribution in [3.8, 4) is 0 Å². The lowest BCUT2D eigenvalue weighted by Gasteiger charge is -2.04. The second-order valence-corrected chi connectivity index (χ2v) is 4.80. The molecule has 104 valence electrons. The molecule has 0 bridgehead atoms. The second kappa shape index (κ2) is 6.06. The number of nitro benzene ring substituents is 1. The van der Waals surface area contributed by atoms with Gasteiger partial charge in [0.2, 0.25) is 5.13 Å². The summed E-state index contributed by atoms with van der Waals surface area (Å²) in [6.45, 7) is 1.95. The number of anilines is 2. The van der Waals surface area contributed by atoms with Crippen LogP contribution in [0.3, 0.4) is 0 Å². The average molecular weight is 293 g/mol. The van der Waals surface area contributed by atoms with Crippen LogP contribution in [0.5, 0.6) is 0 Å². The van der Waals surface area contributed by atoms with E-state index in [4.69, 9.17) is 0 Å². The molecule has 2 amide bonds. The van der Waals surface area contributed by atoms with E-state index < -0.39 is 11.0 Å². The number of carbonyl (C=O) groups is 1. The van der Waals surface area contributed by atoms with Crippen LogP contribution in [0.25, 0.3) is 0 Å². The first-order valence-electron chi connectivity index (χ1n) is 5.73. The maximum atomic E-state index is 11.7. The van der Waals surface area contributed by atoms with Crippen molar-refractivity contribution in [2.24, 2.45) is 0 Å². The zero-order valence-electron chi connectivity index (χ0n) is 10.5. The Morgan fingerprint density at radius 1 is 1.30 bits per heavy atom. The summed E-state index contributed by atoms with van der Waals surface area (Å²) >= 11 is 1.29. The number of nitro groups is 1. The second-order valence-electron chi connectivity index (χ2n) is 3.74. The zero-order chi connectivity index (χ0) is 14.5. The molecular formula is C11H11N5O3S. The van der Waals surface area contributed by atoms with E-state index in [0.29, 0.717) is 10.8 Å². The van der Waals surface area contributed by atoms with Gasteiger partial charge in [-0.05, 0) is 18.6 Å². The van der Waals surface area contributed by atoms with Crippen molar-refractivity contribution in [2.45, 2.75) is 13.3 Å². The molecule has 2 N–H and O–H groups in total. The van der Waals surface area contributed by atoms with Crippen LogP contribution in [0, 0.1) is 10.1 Å². The first-order chi connectivity index (χ1) is 9.58. The number of carbonyl (C=O) groups excluding carboxylic acids is 1. The molecule has 0 aliphatic carbocycles. The number of rotatable bonds is 4. The summed E-state index contributed by atoms with van der Waals surface area (Å²) in [5, 5.41) is 24.5. The Morgan fingerprint density at radius 2 is 2.00 bits per heavy atom. The number of benzene rings is 1. The van der Waals surface area contributed by atoms with E-state index in [0.717, 1.165) is 11.4 Å². The lowest BCUT2D eigenvalue weighted by atomic mass is 10.3. The van der Waals surface area contributed by atoms with Crippen molar-refractivity contribution >= 4 is 33.9 Å². The van der Waals surface area contributed by atoms with Crippen LogP contribution in [0.4, 0.5) is 21.3 Å². The Morgan fingerprint density at radius 3 is 2.55 bits per heavy atom. The maximum absolute atomic E-state index is 11.7. The molecule has 20 heavy (non-hydrogen) atoms. The fourth-order valence-corrected chi connectivity index (χ4v) is 2.05. The molecule has 0 saturated carbocycles. The lowest BCUT2D eigenvalue weighted by molar-refractivity contribution is -0.384. The molecule has 0 fully saturated rings. The number of hydrogen-bond acceptors (Lipinski definition) is 6. The monoisotopic (exact) mass is 293 g/mol. The smallest absolute Gasteiger partial charge is 0.308 e. The van der Waals surface area contributed by atoms with E-state index in [9.17, 15) is 14.9 Å². The first kappa shape index (κ1) is 13.9. The summed E-state index contributed by atoms with van der Waals surface area (Å²) in [5.41, 5.74) is 0.418. The van der Waals surface area contributed by atoms with Crippen LogP contribution in [0.2, 0.25) is 0 Å². The number of non-ortho nitro benzene ring substituents is 1. The van der Waals surface area contributed by atoms with E-state index >= 15 is 0 Å². The molecule has 0 aliphatic rings. The maximum Gasteiger partial charge on any atom is 0.325 e. The Kier molecular flexibility index (Phi) is 4.20. The molecular weight excluding hydrogens is 282 g/mol. The van der Waals surface area contributed by atoms with E-state index in [2.05, 4.69) is 20.8 Å². The van der Waals surface area contributed by atoms with Crippen molar-refractivity contribution in [2.75, 3.05) is 10.6 Å². The Hall–Kier alpha value is -2.55. The van der Waals surface area contributed by atoms with Gasteiger partial charge in [-0.2, -0.15) is 0 Å². The van der Waals surface area contributed by atoms with Crippen LogP contribution in [0.1, 0.15) is 11.9 Å². The standard InChI is InChI=1S/C11H11N5O3S/c1-2-9-14-15-11(20-9)13-10(17)12-7-3-5-8(6-4-7)16(18)19/h3-6H,2H2,1H3,(H2,12,13,15,17).